The number of hydrogen-bond acceptors (Lipinski definition) is 6. The lowest BCUT2D eigenvalue weighted by molar-refractivity contribution is -0.148. The molecule has 0 fully saturated rings. The Balaban J connectivity index is 1.72. The number of allylic oxidation sites excluding steroid dienone is 2. The van der Waals surface area contributed by atoms with Crippen LogP contribution >= 0.6 is 11.6 Å². The molecule has 2 aromatic carbocycles. The first-order chi connectivity index (χ1) is 16.9. The predicted molar refractivity (Wildman–Crippen MR) is 135 cm³/mol. The van der Waals surface area contributed by atoms with E-state index in [0.717, 1.165) is 16.8 Å². The summed E-state index contributed by atoms with van der Waals surface area (Å²) in [5.41, 5.74) is 3.86. The Hall–Kier alpha value is -2.96. The first-order valence-corrected chi connectivity index (χ1v) is 12.3. The van der Waals surface area contributed by atoms with Crippen molar-refractivity contribution in [2.45, 2.75) is 38.5 Å². The molecule has 1 unspecified atom stereocenters. The Kier molecular flexibility index (Phi) is 8.04. The number of carbonyl (C=O) groups excluding carboxylic acids is 2. The fourth-order valence-electron chi connectivity index (χ4n) is 4.97. The number of aliphatic imine (C=N–C) groups is 1. The zero-order valence-electron chi connectivity index (χ0n) is 20.3. The number of rotatable bonds is 8. The Bertz CT molecular complexity index is 1150. The van der Waals surface area contributed by atoms with Crippen LogP contribution in [-0.4, -0.2) is 44.4 Å². The predicted octanol–water partition coefficient (Wildman–Crippen LogP) is 5.50. The molecule has 4 rings (SSSR count). The van der Waals surface area contributed by atoms with E-state index in [2.05, 4.69) is 0 Å². The molecule has 0 saturated carbocycles. The van der Waals surface area contributed by atoms with Gasteiger partial charge >= 0.3 is 5.97 Å². The summed E-state index contributed by atoms with van der Waals surface area (Å²) in [6, 6.07) is 15.1. The molecule has 0 saturated heterocycles. The van der Waals surface area contributed by atoms with E-state index in [1.807, 2.05) is 62.4 Å². The van der Waals surface area contributed by atoms with Crippen molar-refractivity contribution >= 4 is 29.1 Å². The van der Waals surface area contributed by atoms with Gasteiger partial charge in [0.2, 0.25) is 0 Å². The van der Waals surface area contributed by atoms with Gasteiger partial charge in [0, 0.05) is 41.0 Å². The fraction of sp³-hybridized carbons (Fsp3) is 0.393. The Morgan fingerprint density at radius 3 is 2.57 bits per heavy atom. The van der Waals surface area contributed by atoms with Gasteiger partial charge in [-0.3, -0.25) is 14.6 Å². The molecule has 1 heterocycles. The highest BCUT2D eigenvalue weighted by molar-refractivity contribution is 6.30. The number of benzene rings is 2. The molecule has 0 radical (unpaired) electrons. The van der Waals surface area contributed by atoms with E-state index in [-0.39, 0.29) is 18.3 Å². The molecule has 6 nitrogen and oxygen atoms in total. The second kappa shape index (κ2) is 11.2. The summed E-state index contributed by atoms with van der Waals surface area (Å²) in [7, 11) is 1.60. The third kappa shape index (κ3) is 5.49. The standard InChI is InChI=1S/C28H30ClNO5/c1-4-34-12-13-35-28(32)25-17(2)30-23-15-20(18-8-10-21(29)11-9-18)16-24(31)27(23)26(25)19-6-5-7-22(14-19)33-3/h5-11,14,20,25-26H,4,12-13,15-16H2,1-3H3/t20-,25?,26+/m0/s1. The van der Waals surface area contributed by atoms with Crippen molar-refractivity contribution in [2.75, 3.05) is 26.9 Å². The van der Waals surface area contributed by atoms with Crippen LogP contribution in [0.3, 0.4) is 0 Å². The molecule has 0 amide bonds. The summed E-state index contributed by atoms with van der Waals surface area (Å²) >= 11 is 6.06. The van der Waals surface area contributed by atoms with Crippen molar-refractivity contribution in [3.8, 4) is 5.75 Å². The van der Waals surface area contributed by atoms with Crippen LogP contribution in [0.15, 0.2) is 64.8 Å². The van der Waals surface area contributed by atoms with Crippen molar-refractivity contribution in [1.29, 1.82) is 0 Å². The first-order valence-electron chi connectivity index (χ1n) is 11.9. The van der Waals surface area contributed by atoms with E-state index in [4.69, 9.17) is 30.8 Å². The number of esters is 1. The van der Waals surface area contributed by atoms with Crippen LogP contribution in [0.2, 0.25) is 5.02 Å². The maximum Gasteiger partial charge on any atom is 0.315 e. The zero-order chi connectivity index (χ0) is 24.9. The van der Waals surface area contributed by atoms with Crippen LogP contribution in [0, 0.1) is 5.92 Å². The first kappa shape index (κ1) is 25.1. The minimum absolute atomic E-state index is 0.00221. The lowest BCUT2D eigenvalue weighted by atomic mass is 9.69. The maximum atomic E-state index is 13.6. The van der Waals surface area contributed by atoms with E-state index in [9.17, 15) is 9.59 Å². The summed E-state index contributed by atoms with van der Waals surface area (Å²) in [5, 5.41) is 0.658. The van der Waals surface area contributed by atoms with Crippen LogP contribution in [0.4, 0.5) is 0 Å². The van der Waals surface area contributed by atoms with Gasteiger partial charge in [-0.15, -0.1) is 0 Å². The molecule has 2 aromatic rings. The molecule has 1 aliphatic carbocycles. The normalized spacial score (nSPS) is 21.9. The van der Waals surface area contributed by atoms with Crippen LogP contribution in [0.1, 0.15) is 49.7 Å². The van der Waals surface area contributed by atoms with Gasteiger partial charge in [-0.25, -0.2) is 0 Å². The van der Waals surface area contributed by atoms with Crippen LogP contribution < -0.4 is 4.74 Å². The summed E-state index contributed by atoms with van der Waals surface area (Å²) in [5.74, 6) is -0.916. The highest BCUT2D eigenvalue weighted by atomic mass is 35.5. The van der Waals surface area contributed by atoms with Gasteiger partial charge < -0.3 is 14.2 Å². The molecule has 0 bridgehead atoms. The van der Waals surface area contributed by atoms with Crippen molar-refractivity contribution < 1.29 is 23.8 Å². The van der Waals surface area contributed by atoms with Gasteiger partial charge in [-0.2, -0.15) is 0 Å². The van der Waals surface area contributed by atoms with E-state index >= 15 is 0 Å². The van der Waals surface area contributed by atoms with Crippen molar-refractivity contribution in [1.82, 2.24) is 0 Å². The van der Waals surface area contributed by atoms with Crippen LogP contribution in [-0.2, 0) is 19.1 Å². The van der Waals surface area contributed by atoms with Gasteiger partial charge in [-0.05, 0) is 61.6 Å². The van der Waals surface area contributed by atoms with E-state index in [1.54, 1.807) is 7.11 Å². The van der Waals surface area contributed by atoms with Gasteiger partial charge in [0.25, 0.3) is 0 Å². The van der Waals surface area contributed by atoms with E-state index < -0.39 is 17.8 Å². The topological polar surface area (TPSA) is 74.2 Å². The molecule has 2 aliphatic rings. The second-order valence-electron chi connectivity index (χ2n) is 8.79. The molecular weight excluding hydrogens is 466 g/mol. The van der Waals surface area contributed by atoms with Gasteiger partial charge in [0.15, 0.2) is 5.78 Å². The van der Waals surface area contributed by atoms with E-state index in [0.29, 0.717) is 48.1 Å². The lowest BCUT2D eigenvalue weighted by Gasteiger charge is -2.36. The molecule has 0 spiro atoms. The Morgan fingerprint density at radius 2 is 1.86 bits per heavy atom. The summed E-state index contributed by atoms with van der Waals surface area (Å²) in [4.78, 5) is 31.7. The molecule has 0 N–H and O–H groups in total. The average molecular weight is 496 g/mol. The lowest BCUT2D eigenvalue weighted by Crippen LogP contribution is -2.38. The minimum Gasteiger partial charge on any atom is -0.497 e. The van der Waals surface area contributed by atoms with Gasteiger partial charge in [0.05, 0.1) is 13.7 Å². The molecule has 0 aromatic heterocycles. The summed E-state index contributed by atoms with van der Waals surface area (Å²) < 4.78 is 16.3. The molecule has 35 heavy (non-hydrogen) atoms. The SMILES string of the molecule is CCOCCOC(=O)C1C(C)=NC2=C(C(=O)C[C@@H](c3ccc(Cl)cc3)C2)[C@@H]1c1cccc(OC)c1. The van der Waals surface area contributed by atoms with Crippen LogP contribution in [0.25, 0.3) is 0 Å². The van der Waals surface area contributed by atoms with Crippen LogP contribution in [0.5, 0.6) is 5.75 Å². The number of Topliss-reactive ketones (excluding diaryl/α,β-unsaturated/α-hetero) is 1. The Labute approximate surface area is 210 Å². The monoisotopic (exact) mass is 495 g/mol. The number of hydrogen-bond donors (Lipinski definition) is 0. The largest absolute Gasteiger partial charge is 0.497 e. The number of nitrogens with zero attached hydrogens (tertiary/aromatic N) is 1. The zero-order valence-corrected chi connectivity index (χ0v) is 21.0. The number of methoxy groups -OCH3 is 1. The summed E-state index contributed by atoms with van der Waals surface area (Å²) in [6.07, 6.45) is 0.966. The molecule has 184 valence electrons. The van der Waals surface area contributed by atoms with Gasteiger partial charge in [0.1, 0.15) is 18.3 Å². The minimum atomic E-state index is -0.696. The third-order valence-electron chi connectivity index (χ3n) is 6.61. The molecule has 7 heteroatoms. The number of ketones is 1. The quantitative estimate of drug-likeness (QED) is 0.357. The van der Waals surface area contributed by atoms with Crippen molar-refractivity contribution in [2.24, 2.45) is 10.9 Å². The van der Waals surface area contributed by atoms with E-state index in [1.165, 1.54) is 0 Å². The highest BCUT2D eigenvalue weighted by Crippen LogP contribution is 2.47. The average Bonchev–Trinajstić information content (AvgIpc) is 2.86. The highest BCUT2D eigenvalue weighted by Gasteiger charge is 2.44. The number of carbonyl (C=O) groups is 2. The fourth-order valence-corrected chi connectivity index (χ4v) is 5.09. The molecule has 1 aliphatic heterocycles. The van der Waals surface area contributed by atoms with Gasteiger partial charge in [-0.1, -0.05) is 35.9 Å². The number of ether oxygens (including phenoxy) is 3. The van der Waals surface area contributed by atoms with Crippen molar-refractivity contribution in [3.05, 3.63) is 76.0 Å². The smallest absolute Gasteiger partial charge is 0.315 e. The molecular formula is C28H30ClNO5. The Morgan fingerprint density at radius 1 is 1.09 bits per heavy atom. The summed E-state index contributed by atoms with van der Waals surface area (Å²) in [6.45, 7) is 4.75. The maximum absolute atomic E-state index is 13.6. The van der Waals surface area contributed by atoms with Crippen molar-refractivity contribution in [3.63, 3.8) is 0 Å². The molecule has 3 atom stereocenters. The third-order valence-corrected chi connectivity index (χ3v) is 6.86. The number of halogens is 1. The second-order valence-corrected chi connectivity index (χ2v) is 9.23.